The summed E-state index contributed by atoms with van der Waals surface area (Å²) in [7, 11) is 0. The maximum Gasteiger partial charge on any atom is 0.165 e. The lowest BCUT2D eigenvalue weighted by atomic mass is 10.0. The average Bonchev–Trinajstić information content (AvgIpc) is 3.34. The van der Waals surface area contributed by atoms with Crippen LogP contribution in [0.3, 0.4) is 0 Å². The Morgan fingerprint density at radius 1 is 0.391 bits per heavy atom. The monoisotopic (exact) mass is 1070 g/mol. The van der Waals surface area contributed by atoms with Crippen molar-refractivity contribution in [3.8, 4) is 47.2 Å². The van der Waals surface area contributed by atoms with Crippen molar-refractivity contribution in [1.29, 1.82) is 0 Å². The zero-order valence-electron chi connectivity index (χ0n) is 34.9. The van der Waals surface area contributed by atoms with E-state index >= 15 is 0 Å². The van der Waals surface area contributed by atoms with Crippen LogP contribution in [0.1, 0.15) is 50.1 Å². The fraction of sp³-hybridized carbons (Fsp3) is 0.0714. The van der Waals surface area contributed by atoms with Crippen molar-refractivity contribution in [2.75, 3.05) is 0 Å². The van der Waals surface area contributed by atoms with Gasteiger partial charge in [0.15, 0.2) is 5.75 Å². The summed E-state index contributed by atoms with van der Waals surface area (Å²) in [5.74, 6) is 10.9. The molecule has 0 saturated carbocycles. The van der Waals surface area contributed by atoms with Crippen molar-refractivity contribution in [2.45, 2.75) is 26.1 Å². The van der Waals surface area contributed by atoms with Gasteiger partial charge >= 0.3 is 0 Å². The third-order valence-corrected chi connectivity index (χ3v) is 9.18. The van der Waals surface area contributed by atoms with Crippen LogP contribution in [0.5, 0.6) is 23.0 Å². The molecule has 0 bridgehead atoms. The van der Waals surface area contributed by atoms with Crippen molar-refractivity contribution < 1.29 is 26.1 Å². The summed E-state index contributed by atoms with van der Waals surface area (Å²) in [5, 5.41) is 18.6. The van der Waals surface area contributed by atoms with Gasteiger partial charge in [0.1, 0.15) is 76.5 Å². The molecule has 0 radical (unpaired) electrons. The topological polar surface area (TPSA) is 77.4 Å². The molecule has 6 nitrogen and oxygen atoms in total. The standard InChI is InChI=1S/C21H16O2.C20H18O2.C15H12O.I2O/c1-3-7-18(8-4-1)11-12-19-13-15-21(16-14-19)23-22-17-20-9-5-2-6-10-20;21-19-9-5-17(6-10-19)13-15-1-2-16(4-3-15)14-18-7-11-20(22)12-8-18;1-2-13-8-10-15(11-9-13)16-12-14-6-4-3-5-7-14;1-3-2/h1-10,13-16H,17H2;1-12,21-22H,13-14H2;1,3-11H,12H2;. The summed E-state index contributed by atoms with van der Waals surface area (Å²) >= 11 is 3.55. The lowest BCUT2D eigenvalue weighted by Crippen LogP contribution is -1.97. The first kappa shape index (κ1) is 48.5. The van der Waals surface area contributed by atoms with Crippen LogP contribution in [0.25, 0.3) is 0 Å². The molecule has 8 heteroatoms. The highest BCUT2D eigenvalue weighted by atomic mass is 127. The Kier molecular flexibility index (Phi) is 21.4. The average molecular weight is 1070 g/mol. The Morgan fingerprint density at radius 2 is 0.750 bits per heavy atom. The lowest BCUT2D eigenvalue weighted by molar-refractivity contribution is -0.217. The largest absolute Gasteiger partial charge is 0.508 e. The summed E-state index contributed by atoms with van der Waals surface area (Å²) in [6.07, 6.45) is 7.00. The van der Waals surface area contributed by atoms with E-state index in [0.717, 1.165) is 46.4 Å². The second-order valence-corrected chi connectivity index (χ2v) is 16.5. The van der Waals surface area contributed by atoms with E-state index < -0.39 is 0 Å². The van der Waals surface area contributed by atoms with Crippen LogP contribution in [-0.2, 0) is 32.3 Å². The molecule has 0 saturated heterocycles. The van der Waals surface area contributed by atoms with Crippen LogP contribution >= 0.6 is 46.0 Å². The lowest BCUT2D eigenvalue weighted by Gasteiger charge is -2.06. The van der Waals surface area contributed by atoms with Gasteiger partial charge in [-0.05, 0) is 131 Å². The highest BCUT2D eigenvalue weighted by molar-refractivity contribution is 14.2. The molecule has 8 aromatic rings. The molecule has 2 N–H and O–H groups in total. The number of phenolic OH excluding ortho intramolecular Hbond substituents is 2. The fourth-order valence-electron chi connectivity index (χ4n) is 5.86. The Morgan fingerprint density at radius 3 is 1.19 bits per heavy atom. The van der Waals surface area contributed by atoms with Crippen LogP contribution in [0.2, 0.25) is 0 Å². The van der Waals surface area contributed by atoms with E-state index in [1.54, 1.807) is 70.3 Å². The summed E-state index contributed by atoms with van der Waals surface area (Å²) < 4.78 is 9.81. The maximum absolute atomic E-state index is 9.30. The molecule has 8 rings (SSSR count). The molecule has 0 spiro atoms. The first-order chi connectivity index (χ1) is 31.4. The minimum Gasteiger partial charge on any atom is -0.508 e. The first-order valence-electron chi connectivity index (χ1n) is 20.2. The highest BCUT2D eigenvalue weighted by Gasteiger charge is 2.01. The molecular weight excluding hydrogens is 1020 g/mol. The van der Waals surface area contributed by atoms with Gasteiger partial charge in [-0.3, -0.25) is 0 Å². The van der Waals surface area contributed by atoms with Crippen LogP contribution in [0.4, 0.5) is 0 Å². The van der Waals surface area contributed by atoms with Crippen molar-refractivity contribution in [3.63, 3.8) is 0 Å². The third-order valence-electron chi connectivity index (χ3n) is 9.18. The number of ether oxygens (including phenoxy) is 1. The summed E-state index contributed by atoms with van der Waals surface area (Å²) in [5.41, 5.74) is 9.89. The number of aromatic hydroxyl groups is 2. The molecule has 0 heterocycles. The summed E-state index contributed by atoms with van der Waals surface area (Å²) in [6.45, 7) is 0.993. The maximum atomic E-state index is 9.30. The van der Waals surface area contributed by atoms with Gasteiger partial charge in [0, 0.05) is 16.7 Å². The van der Waals surface area contributed by atoms with Gasteiger partial charge in [0.05, 0.1) is 0 Å². The second kappa shape index (κ2) is 28.2. The number of halogens is 2. The Hall–Kier alpha value is -6.54. The first-order valence-corrected chi connectivity index (χ1v) is 21.9. The third kappa shape index (κ3) is 18.8. The minimum atomic E-state index is 0.299. The number of hydrogen-bond donors (Lipinski definition) is 2. The van der Waals surface area contributed by atoms with Gasteiger partial charge in [0.25, 0.3) is 0 Å². The van der Waals surface area contributed by atoms with E-state index in [4.69, 9.17) is 20.9 Å². The molecule has 0 aromatic heterocycles. The molecule has 0 aliphatic heterocycles. The molecule has 0 fully saturated rings. The Labute approximate surface area is 404 Å². The number of terminal acetylenes is 1. The molecule has 64 heavy (non-hydrogen) atoms. The molecule has 0 unspecified atom stereocenters. The molecule has 320 valence electrons. The SMILES string of the molecule is C#Cc1ccc(OCc2ccccc2)cc1.C(#Cc1ccc(OOCc2ccccc2)cc1)c1ccccc1.IOI.Oc1ccc(Cc2ccc(Cc3ccc(O)cc3)cc2)cc1. The van der Waals surface area contributed by atoms with E-state index in [1.165, 1.54) is 22.3 Å². The number of rotatable bonds is 11. The van der Waals surface area contributed by atoms with Crippen molar-refractivity contribution in [1.82, 2.24) is 0 Å². The van der Waals surface area contributed by atoms with Gasteiger partial charge in [-0.2, -0.15) is 4.89 Å². The quantitative estimate of drug-likeness (QED) is 0.0582. The van der Waals surface area contributed by atoms with Gasteiger partial charge in [0.2, 0.25) is 0 Å². The smallest absolute Gasteiger partial charge is 0.165 e. The van der Waals surface area contributed by atoms with E-state index in [9.17, 15) is 10.2 Å². The fourth-order valence-corrected chi connectivity index (χ4v) is 5.86. The van der Waals surface area contributed by atoms with Gasteiger partial charge in [-0.25, -0.2) is 1.40 Å². The van der Waals surface area contributed by atoms with E-state index in [0.29, 0.717) is 30.5 Å². The van der Waals surface area contributed by atoms with Crippen LogP contribution in [0, 0.1) is 24.2 Å². The molecule has 0 aliphatic rings. The molecular formula is C56H46I2O6. The predicted molar refractivity (Wildman–Crippen MR) is 273 cm³/mol. The van der Waals surface area contributed by atoms with Gasteiger partial charge < -0.3 is 19.8 Å². The van der Waals surface area contributed by atoms with Crippen molar-refractivity contribution >= 4 is 46.0 Å². The second-order valence-electron chi connectivity index (χ2n) is 14.0. The van der Waals surface area contributed by atoms with Crippen LogP contribution in [0.15, 0.2) is 212 Å². The molecule has 0 aliphatic carbocycles. The van der Waals surface area contributed by atoms with E-state index in [1.807, 2.05) is 164 Å². The highest BCUT2D eigenvalue weighted by Crippen LogP contribution is 2.18. The summed E-state index contributed by atoms with van der Waals surface area (Å²) in [4.78, 5) is 10.5. The van der Waals surface area contributed by atoms with E-state index in [-0.39, 0.29) is 0 Å². The van der Waals surface area contributed by atoms with Crippen molar-refractivity contribution in [3.05, 3.63) is 262 Å². The molecule has 0 amide bonds. The normalized spacial score (nSPS) is 9.77. The molecule has 0 atom stereocenters. The number of benzene rings is 8. The molecule has 8 aromatic carbocycles. The van der Waals surface area contributed by atoms with Gasteiger partial charge in [-0.15, -0.1) is 6.42 Å². The zero-order chi connectivity index (χ0) is 45.0. The van der Waals surface area contributed by atoms with Crippen molar-refractivity contribution in [2.24, 2.45) is 0 Å². The van der Waals surface area contributed by atoms with E-state index in [2.05, 4.69) is 43.4 Å². The predicted octanol–water partition coefficient (Wildman–Crippen LogP) is 13.8. The number of hydrogen-bond acceptors (Lipinski definition) is 6. The number of phenols is 2. The van der Waals surface area contributed by atoms with Gasteiger partial charge in [-0.1, -0.05) is 145 Å². The van der Waals surface area contributed by atoms with Crippen LogP contribution in [-0.4, -0.2) is 10.2 Å². The summed E-state index contributed by atoms with van der Waals surface area (Å²) in [6, 6.07) is 68.1. The Balaban J connectivity index is 0.000000178. The Bertz CT molecular complexity index is 2540. The minimum absolute atomic E-state index is 0.299. The van der Waals surface area contributed by atoms with Crippen LogP contribution < -0.4 is 9.62 Å². The zero-order valence-corrected chi connectivity index (χ0v) is 39.2.